The smallest absolute Gasteiger partial charge is 0.363 e. The predicted octanol–water partition coefficient (Wildman–Crippen LogP) is 2.98. The highest BCUT2D eigenvalue weighted by Gasteiger charge is 2.25. The SMILES string of the molecule is CCCCNC(=S)NCCCCC(F)(F)F. The first kappa shape index (κ1) is 15.5. The van der Waals surface area contributed by atoms with Gasteiger partial charge in [-0.2, -0.15) is 13.2 Å². The van der Waals surface area contributed by atoms with Gasteiger partial charge in [0.15, 0.2) is 5.11 Å². The van der Waals surface area contributed by atoms with Crippen LogP contribution in [0.2, 0.25) is 0 Å². The normalized spacial score (nSPS) is 11.2. The van der Waals surface area contributed by atoms with E-state index in [0.29, 0.717) is 18.1 Å². The van der Waals surface area contributed by atoms with Crippen LogP contribution in [0.15, 0.2) is 0 Å². The van der Waals surface area contributed by atoms with Crippen LogP contribution in [0.3, 0.4) is 0 Å². The van der Waals surface area contributed by atoms with Crippen LogP contribution >= 0.6 is 12.2 Å². The van der Waals surface area contributed by atoms with Crippen LogP contribution in [-0.4, -0.2) is 24.4 Å². The molecule has 0 bridgehead atoms. The lowest BCUT2D eigenvalue weighted by molar-refractivity contribution is -0.135. The van der Waals surface area contributed by atoms with Gasteiger partial charge in [-0.3, -0.25) is 0 Å². The van der Waals surface area contributed by atoms with Crippen molar-refractivity contribution in [3.05, 3.63) is 0 Å². The molecule has 2 N–H and O–H groups in total. The van der Waals surface area contributed by atoms with Crippen LogP contribution in [0.25, 0.3) is 0 Å². The van der Waals surface area contributed by atoms with Crippen molar-refractivity contribution in [2.45, 2.75) is 45.2 Å². The summed E-state index contributed by atoms with van der Waals surface area (Å²) in [6.45, 7) is 3.38. The van der Waals surface area contributed by atoms with Crippen molar-refractivity contribution in [3.63, 3.8) is 0 Å². The summed E-state index contributed by atoms with van der Waals surface area (Å²) >= 11 is 4.95. The Labute approximate surface area is 100.0 Å². The van der Waals surface area contributed by atoms with E-state index in [1.807, 2.05) is 0 Å². The molecule has 0 spiro atoms. The molecule has 0 unspecified atom stereocenters. The first-order chi connectivity index (χ1) is 7.45. The molecule has 0 aromatic rings. The van der Waals surface area contributed by atoms with Crippen LogP contribution in [0.1, 0.15) is 39.0 Å². The minimum Gasteiger partial charge on any atom is -0.363 e. The second-order valence-corrected chi connectivity index (χ2v) is 4.02. The lowest BCUT2D eigenvalue weighted by atomic mass is 10.2. The van der Waals surface area contributed by atoms with Crippen molar-refractivity contribution in [1.82, 2.24) is 10.6 Å². The molecule has 0 aliphatic rings. The second kappa shape index (κ2) is 8.61. The maximum absolute atomic E-state index is 11.8. The zero-order valence-electron chi connectivity index (χ0n) is 9.49. The lowest BCUT2D eigenvalue weighted by Gasteiger charge is -2.10. The number of thiocarbonyl (C=S) groups is 1. The summed E-state index contributed by atoms with van der Waals surface area (Å²) in [4.78, 5) is 0. The molecule has 0 amide bonds. The van der Waals surface area contributed by atoms with E-state index in [1.54, 1.807) is 0 Å². The van der Waals surface area contributed by atoms with Gasteiger partial charge in [0.05, 0.1) is 0 Å². The van der Waals surface area contributed by atoms with Crippen LogP contribution in [0.4, 0.5) is 13.2 Å². The van der Waals surface area contributed by atoms with Crippen LogP contribution in [-0.2, 0) is 0 Å². The second-order valence-electron chi connectivity index (χ2n) is 3.61. The van der Waals surface area contributed by atoms with Gasteiger partial charge < -0.3 is 10.6 Å². The van der Waals surface area contributed by atoms with Gasteiger partial charge in [0.1, 0.15) is 0 Å². The van der Waals surface area contributed by atoms with Gasteiger partial charge >= 0.3 is 6.18 Å². The highest BCUT2D eigenvalue weighted by Crippen LogP contribution is 2.21. The molecule has 0 aromatic heterocycles. The van der Waals surface area contributed by atoms with Gasteiger partial charge in [-0.1, -0.05) is 13.3 Å². The number of hydrogen-bond donors (Lipinski definition) is 2. The van der Waals surface area contributed by atoms with Crippen LogP contribution < -0.4 is 10.6 Å². The molecule has 6 heteroatoms. The van der Waals surface area contributed by atoms with E-state index in [9.17, 15) is 13.2 Å². The Morgan fingerprint density at radius 1 is 1.06 bits per heavy atom. The Bertz CT molecular complexity index is 195. The highest BCUT2D eigenvalue weighted by atomic mass is 32.1. The highest BCUT2D eigenvalue weighted by molar-refractivity contribution is 7.80. The third-order valence-electron chi connectivity index (χ3n) is 1.99. The minimum absolute atomic E-state index is 0.147. The predicted molar refractivity (Wildman–Crippen MR) is 63.4 cm³/mol. The molecule has 0 saturated carbocycles. The molecule has 0 fully saturated rings. The average Bonchev–Trinajstić information content (AvgIpc) is 2.16. The monoisotopic (exact) mass is 256 g/mol. The number of unbranched alkanes of at least 4 members (excludes halogenated alkanes) is 2. The number of halogens is 3. The maximum atomic E-state index is 11.8. The Balaban J connectivity index is 3.28. The van der Waals surface area contributed by atoms with Crippen molar-refractivity contribution >= 4 is 17.3 Å². The van der Waals surface area contributed by atoms with E-state index >= 15 is 0 Å². The standard InChI is InChI=1S/C10H19F3N2S/c1-2-3-7-14-9(16)15-8-5-4-6-10(11,12)13/h2-8H2,1H3,(H2,14,15,16). The topological polar surface area (TPSA) is 24.1 Å². The van der Waals surface area contributed by atoms with E-state index in [1.165, 1.54) is 0 Å². The summed E-state index contributed by atoms with van der Waals surface area (Å²) in [5.41, 5.74) is 0. The van der Waals surface area contributed by atoms with Gasteiger partial charge in [-0.15, -0.1) is 0 Å². The zero-order valence-corrected chi connectivity index (χ0v) is 10.3. The molecule has 0 aromatic carbocycles. The molecule has 0 atom stereocenters. The number of nitrogens with one attached hydrogen (secondary N) is 2. The summed E-state index contributed by atoms with van der Waals surface area (Å²) in [6, 6.07) is 0. The molecule has 0 radical (unpaired) electrons. The van der Waals surface area contributed by atoms with E-state index in [-0.39, 0.29) is 6.42 Å². The molecule has 0 aliphatic carbocycles. The van der Waals surface area contributed by atoms with E-state index in [4.69, 9.17) is 12.2 Å². The molecule has 0 saturated heterocycles. The fourth-order valence-electron chi connectivity index (χ4n) is 1.09. The quantitative estimate of drug-likeness (QED) is 0.541. The molecule has 96 valence electrons. The molecular formula is C10H19F3N2S. The Hall–Kier alpha value is -0.520. The van der Waals surface area contributed by atoms with Gasteiger partial charge in [0.25, 0.3) is 0 Å². The molecular weight excluding hydrogens is 237 g/mol. The van der Waals surface area contributed by atoms with Crippen molar-refractivity contribution < 1.29 is 13.2 Å². The van der Waals surface area contributed by atoms with Crippen molar-refractivity contribution in [3.8, 4) is 0 Å². The van der Waals surface area contributed by atoms with Gasteiger partial charge in [-0.25, -0.2) is 0 Å². The fourth-order valence-corrected chi connectivity index (χ4v) is 1.30. The summed E-state index contributed by atoms with van der Waals surface area (Å²) in [5, 5.41) is 6.40. The number of alkyl halides is 3. The molecule has 2 nitrogen and oxygen atoms in total. The van der Waals surface area contributed by atoms with Crippen LogP contribution in [0, 0.1) is 0 Å². The summed E-state index contributed by atoms with van der Waals surface area (Å²) in [6.07, 6.45) is -2.01. The first-order valence-corrected chi connectivity index (χ1v) is 5.95. The Morgan fingerprint density at radius 2 is 1.62 bits per heavy atom. The molecule has 16 heavy (non-hydrogen) atoms. The molecule has 0 aliphatic heterocycles. The van der Waals surface area contributed by atoms with Crippen molar-refractivity contribution in [2.24, 2.45) is 0 Å². The summed E-state index contributed by atoms with van der Waals surface area (Å²) < 4.78 is 35.4. The fraction of sp³-hybridized carbons (Fsp3) is 0.900. The lowest BCUT2D eigenvalue weighted by Crippen LogP contribution is -2.36. The third kappa shape index (κ3) is 11.6. The average molecular weight is 256 g/mol. The molecule has 0 rings (SSSR count). The van der Waals surface area contributed by atoms with Crippen molar-refractivity contribution in [2.75, 3.05) is 13.1 Å². The van der Waals surface area contributed by atoms with Crippen LogP contribution in [0.5, 0.6) is 0 Å². The van der Waals surface area contributed by atoms with E-state index < -0.39 is 12.6 Å². The van der Waals surface area contributed by atoms with Gasteiger partial charge in [0, 0.05) is 19.5 Å². The first-order valence-electron chi connectivity index (χ1n) is 5.54. The Morgan fingerprint density at radius 3 is 2.12 bits per heavy atom. The Kier molecular flexibility index (Phi) is 8.33. The van der Waals surface area contributed by atoms with Crippen molar-refractivity contribution in [1.29, 1.82) is 0 Å². The largest absolute Gasteiger partial charge is 0.389 e. The number of rotatable bonds is 7. The summed E-state index contributed by atoms with van der Waals surface area (Å²) in [5.74, 6) is 0. The van der Waals surface area contributed by atoms with E-state index in [0.717, 1.165) is 19.4 Å². The van der Waals surface area contributed by atoms with E-state index in [2.05, 4.69) is 17.6 Å². The third-order valence-corrected chi connectivity index (χ3v) is 2.28. The maximum Gasteiger partial charge on any atom is 0.389 e. The minimum atomic E-state index is -4.04. The van der Waals surface area contributed by atoms with Gasteiger partial charge in [-0.05, 0) is 31.5 Å². The van der Waals surface area contributed by atoms with Gasteiger partial charge in [0.2, 0.25) is 0 Å². The number of hydrogen-bond acceptors (Lipinski definition) is 1. The zero-order chi connectivity index (χ0) is 12.4. The summed E-state index contributed by atoms with van der Waals surface area (Å²) in [7, 11) is 0. The molecule has 0 heterocycles.